The van der Waals surface area contributed by atoms with Crippen LogP contribution in [0, 0.1) is 11.3 Å². The van der Waals surface area contributed by atoms with E-state index in [0.29, 0.717) is 29.5 Å². The standard InChI is InChI=1S/C24H23N5O2S/c25-14-19-15-32-16-29(19)24(30)22(26)13-17-4-8-20(9-5-17)31-21-10-6-18(7-11-21)28-23-3-1-2-12-27-23/h1-12,19,22H,13,15-16,26H2,(H,27,28)/t19-,22?/m1/s1. The van der Waals surface area contributed by atoms with E-state index in [1.807, 2.05) is 66.7 Å². The maximum Gasteiger partial charge on any atom is 0.241 e. The largest absolute Gasteiger partial charge is 0.457 e. The molecule has 1 aromatic heterocycles. The minimum Gasteiger partial charge on any atom is -0.457 e. The predicted octanol–water partition coefficient (Wildman–Crippen LogP) is 3.91. The Balaban J connectivity index is 1.32. The van der Waals surface area contributed by atoms with Gasteiger partial charge in [0.15, 0.2) is 0 Å². The number of rotatable bonds is 7. The van der Waals surface area contributed by atoms with Crippen LogP contribution < -0.4 is 15.8 Å². The molecular formula is C24H23N5O2S. The number of carbonyl (C=O) groups excluding carboxylic acids is 1. The lowest BCUT2D eigenvalue weighted by Gasteiger charge is -2.22. The van der Waals surface area contributed by atoms with Crippen molar-refractivity contribution >= 4 is 29.2 Å². The van der Waals surface area contributed by atoms with Gasteiger partial charge in [0, 0.05) is 17.6 Å². The van der Waals surface area contributed by atoms with Crippen LogP contribution in [0.1, 0.15) is 5.56 Å². The molecule has 1 amide bonds. The van der Waals surface area contributed by atoms with E-state index in [0.717, 1.165) is 17.1 Å². The van der Waals surface area contributed by atoms with E-state index < -0.39 is 6.04 Å². The zero-order valence-corrected chi connectivity index (χ0v) is 18.2. The molecule has 0 spiro atoms. The quantitative estimate of drug-likeness (QED) is 0.568. The SMILES string of the molecule is N#C[C@@H]1CSCN1C(=O)C(N)Cc1ccc(Oc2ccc(Nc3ccccn3)cc2)cc1. The van der Waals surface area contributed by atoms with E-state index in [1.165, 1.54) is 0 Å². The number of aromatic nitrogens is 1. The third kappa shape index (κ3) is 5.38. The average molecular weight is 446 g/mol. The first kappa shape index (κ1) is 21.7. The highest BCUT2D eigenvalue weighted by molar-refractivity contribution is 7.99. The minimum absolute atomic E-state index is 0.179. The number of hydrogen-bond donors (Lipinski definition) is 2. The fraction of sp³-hybridized carbons (Fsp3) is 0.208. The normalized spacial score (nSPS) is 16.2. The Labute approximate surface area is 191 Å². The summed E-state index contributed by atoms with van der Waals surface area (Å²) >= 11 is 1.57. The van der Waals surface area contributed by atoms with Gasteiger partial charge < -0.3 is 20.7 Å². The number of hydrogen-bond acceptors (Lipinski definition) is 7. The van der Waals surface area contributed by atoms with E-state index >= 15 is 0 Å². The van der Waals surface area contributed by atoms with Crippen molar-refractivity contribution in [3.63, 3.8) is 0 Å². The van der Waals surface area contributed by atoms with Crippen LogP contribution in [0.4, 0.5) is 11.5 Å². The predicted molar refractivity (Wildman–Crippen MR) is 126 cm³/mol. The topological polar surface area (TPSA) is 104 Å². The zero-order valence-electron chi connectivity index (χ0n) is 17.3. The molecule has 7 nitrogen and oxygen atoms in total. The molecule has 3 aromatic rings. The molecule has 2 atom stereocenters. The van der Waals surface area contributed by atoms with Gasteiger partial charge in [-0.1, -0.05) is 18.2 Å². The van der Waals surface area contributed by atoms with Gasteiger partial charge in [0.2, 0.25) is 5.91 Å². The van der Waals surface area contributed by atoms with Gasteiger partial charge in [-0.2, -0.15) is 5.26 Å². The van der Waals surface area contributed by atoms with Gasteiger partial charge in [0.05, 0.1) is 18.0 Å². The van der Waals surface area contributed by atoms with Gasteiger partial charge in [-0.15, -0.1) is 11.8 Å². The molecule has 1 aliphatic rings. The Kier molecular flexibility index (Phi) is 6.90. The van der Waals surface area contributed by atoms with Gasteiger partial charge in [-0.25, -0.2) is 4.98 Å². The Hall–Kier alpha value is -3.54. The summed E-state index contributed by atoms with van der Waals surface area (Å²) in [5, 5.41) is 12.4. The van der Waals surface area contributed by atoms with Crippen LogP contribution in [0.2, 0.25) is 0 Å². The lowest BCUT2D eigenvalue weighted by atomic mass is 10.0. The fourth-order valence-electron chi connectivity index (χ4n) is 3.34. The third-order valence-electron chi connectivity index (χ3n) is 5.04. The summed E-state index contributed by atoms with van der Waals surface area (Å²) in [6.07, 6.45) is 2.15. The molecule has 1 saturated heterocycles. The number of thioether (sulfide) groups is 1. The molecule has 0 saturated carbocycles. The molecule has 0 radical (unpaired) electrons. The van der Waals surface area contributed by atoms with E-state index in [9.17, 15) is 10.1 Å². The van der Waals surface area contributed by atoms with E-state index in [-0.39, 0.29) is 11.9 Å². The van der Waals surface area contributed by atoms with E-state index in [1.54, 1.807) is 22.9 Å². The maximum absolute atomic E-state index is 12.6. The molecule has 4 rings (SSSR count). The van der Waals surface area contributed by atoms with Crippen molar-refractivity contribution < 1.29 is 9.53 Å². The number of nitriles is 1. The summed E-state index contributed by atoms with van der Waals surface area (Å²) in [5.74, 6) is 3.17. The third-order valence-corrected chi connectivity index (χ3v) is 6.05. The molecule has 0 aliphatic carbocycles. The molecular weight excluding hydrogens is 422 g/mol. The van der Waals surface area contributed by atoms with Crippen molar-refractivity contribution in [2.45, 2.75) is 18.5 Å². The van der Waals surface area contributed by atoms with Crippen molar-refractivity contribution in [3.05, 3.63) is 78.5 Å². The number of ether oxygens (including phenoxy) is 1. The first-order chi connectivity index (χ1) is 15.6. The second-order valence-electron chi connectivity index (χ2n) is 7.37. The molecule has 162 valence electrons. The average Bonchev–Trinajstić information content (AvgIpc) is 3.31. The van der Waals surface area contributed by atoms with E-state index in [2.05, 4.69) is 16.4 Å². The van der Waals surface area contributed by atoms with Gasteiger partial charge in [-0.3, -0.25) is 4.79 Å². The highest BCUT2D eigenvalue weighted by Gasteiger charge is 2.32. The van der Waals surface area contributed by atoms with Crippen molar-refractivity contribution in [2.24, 2.45) is 5.73 Å². The van der Waals surface area contributed by atoms with Gasteiger partial charge >= 0.3 is 0 Å². The summed E-state index contributed by atoms with van der Waals surface area (Å²) < 4.78 is 5.91. The number of carbonyl (C=O) groups is 1. The van der Waals surface area contributed by atoms with Crippen LogP contribution in [0.3, 0.4) is 0 Å². The summed E-state index contributed by atoms with van der Waals surface area (Å²) in [5.41, 5.74) is 7.98. The van der Waals surface area contributed by atoms with Crippen LogP contribution >= 0.6 is 11.8 Å². The summed E-state index contributed by atoms with van der Waals surface area (Å²) in [7, 11) is 0. The smallest absolute Gasteiger partial charge is 0.241 e. The highest BCUT2D eigenvalue weighted by atomic mass is 32.2. The molecule has 2 heterocycles. The number of nitrogens with one attached hydrogen (secondary N) is 1. The molecule has 32 heavy (non-hydrogen) atoms. The number of nitrogens with zero attached hydrogens (tertiary/aromatic N) is 3. The van der Waals surface area contributed by atoms with Crippen molar-refractivity contribution in [3.8, 4) is 17.6 Å². The maximum atomic E-state index is 12.6. The second-order valence-corrected chi connectivity index (χ2v) is 8.37. The lowest BCUT2D eigenvalue weighted by Crippen LogP contribution is -2.47. The van der Waals surface area contributed by atoms with Crippen LogP contribution in [-0.2, 0) is 11.2 Å². The molecule has 1 unspecified atom stereocenters. The Morgan fingerprint density at radius 1 is 1.19 bits per heavy atom. The molecule has 2 aromatic carbocycles. The van der Waals surface area contributed by atoms with Gasteiger partial charge in [0.1, 0.15) is 23.4 Å². The summed E-state index contributed by atoms with van der Waals surface area (Å²) in [6, 6.07) is 21.9. The molecule has 1 fully saturated rings. The zero-order chi connectivity index (χ0) is 22.3. The number of nitrogens with two attached hydrogens (primary N) is 1. The van der Waals surface area contributed by atoms with Crippen molar-refractivity contribution in [1.82, 2.24) is 9.88 Å². The van der Waals surface area contributed by atoms with Crippen molar-refractivity contribution in [2.75, 3.05) is 16.9 Å². The van der Waals surface area contributed by atoms with Crippen LogP contribution in [0.25, 0.3) is 0 Å². The molecule has 0 bridgehead atoms. The lowest BCUT2D eigenvalue weighted by molar-refractivity contribution is -0.132. The van der Waals surface area contributed by atoms with Crippen LogP contribution in [-0.4, -0.2) is 39.5 Å². The Bertz CT molecular complexity index is 1080. The fourth-order valence-corrected chi connectivity index (χ4v) is 4.43. The first-order valence-electron chi connectivity index (χ1n) is 10.2. The van der Waals surface area contributed by atoms with E-state index in [4.69, 9.17) is 10.5 Å². The first-order valence-corrected chi connectivity index (χ1v) is 11.4. The number of amides is 1. The van der Waals surface area contributed by atoms with Gasteiger partial charge in [0.25, 0.3) is 0 Å². The molecule has 1 aliphatic heterocycles. The second kappa shape index (κ2) is 10.2. The van der Waals surface area contributed by atoms with Gasteiger partial charge in [-0.05, 0) is 60.5 Å². The number of benzene rings is 2. The monoisotopic (exact) mass is 445 g/mol. The van der Waals surface area contributed by atoms with Crippen LogP contribution in [0.5, 0.6) is 11.5 Å². The minimum atomic E-state index is -0.671. The highest BCUT2D eigenvalue weighted by Crippen LogP contribution is 2.25. The molecule has 3 N–H and O–H groups in total. The van der Waals surface area contributed by atoms with Crippen LogP contribution in [0.15, 0.2) is 72.9 Å². The van der Waals surface area contributed by atoms with Crippen molar-refractivity contribution in [1.29, 1.82) is 5.26 Å². The summed E-state index contributed by atoms with van der Waals surface area (Å²) in [6.45, 7) is 0. The number of pyridine rings is 1. The summed E-state index contributed by atoms with van der Waals surface area (Å²) in [4.78, 5) is 18.4. The Morgan fingerprint density at radius 2 is 1.91 bits per heavy atom. The Morgan fingerprint density at radius 3 is 2.56 bits per heavy atom. The number of anilines is 2. The molecule has 8 heteroatoms.